The van der Waals surface area contributed by atoms with E-state index in [2.05, 4.69) is 69.6 Å². The van der Waals surface area contributed by atoms with Crippen LogP contribution in [-0.2, 0) is 4.74 Å². The van der Waals surface area contributed by atoms with E-state index < -0.39 is 0 Å². The fourth-order valence-electron chi connectivity index (χ4n) is 4.43. The van der Waals surface area contributed by atoms with E-state index in [1.165, 1.54) is 0 Å². The number of rotatable bonds is 17. The van der Waals surface area contributed by atoms with E-state index in [0.29, 0.717) is 5.95 Å². The molecule has 1 aliphatic rings. The van der Waals surface area contributed by atoms with Crippen molar-refractivity contribution in [2.45, 2.75) is 34.1 Å². The van der Waals surface area contributed by atoms with Crippen LogP contribution < -0.4 is 21.3 Å². The minimum atomic E-state index is 0.611. The first kappa shape index (κ1) is 34.5. The van der Waals surface area contributed by atoms with Gasteiger partial charge >= 0.3 is 0 Å². The number of morpholine rings is 1. The number of aromatic nitrogens is 2. The van der Waals surface area contributed by atoms with Crippen LogP contribution in [0.4, 0.5) is 11.6 Å². The molecule has 1 saturated heterocycles. The number of anilines is 2. The predicted octanol–water partition coefficient (Wildman–Crippen LogP) is 6.00. The molecule has 0 amide bonds. The molecule has 0 aliphatic carbocycles. The molecular weight excluding hydrogens is 522 g/mol. The second-order valence-corrected chi connectivity index (χ2v) is 9.93. The van der Waals surface area contributed by atoms with E-state index in [1.807, 2.05) is 52.0 Å². The zero-order valence-corrected chi connectivity index (χ0v) is 26.2. The Hall–Kier alpha value is -3.72. The Kier molecular flexibility index (Phi) is 15.9. The third-order valence-corrected chi connectivity index (χ3v) is 6.61. The van der Waals surface area contributed by atoms with E-state index in [4.69, 9.17) is 9.72 Å². The molecule has 1 fully saturated rings. The van der Waals surface area contributed by atoms with Gasteiger partial charge in [-0.25, -0.2) is 9.97 Å². The van der Waals surface area contributed by atoms with Gasteiger partial charge in [-0.05, 0) is 49.6 Å². The summed E-state index contributed by atoms with van der Waals surface area (Å²) >= 11 is 0. The first-order chi connectivity index (χ1) is 20.4. The molecule has 2 aromatic rings. The highest BCUT2D eigenvalue weighted by atomic mass is 16.5. The maximum absolute atomic E-state index is 5.40. The molecule has 0 bridgehead atoms. The smallest absolute Gasteiger partial charge is 0.223 e. The second-order valence-electron chi connectivity index (χ2n) is 9.93. The molecule has 0 unspecified atom stereocenters. The molecule has 2 heterocycles. The lowest BCUT2D eigenvalue weighted by molar-refractivity contribution is 0.0385. The fourth-order valence-corrected chi connectivity index (χ4v) is 4.43. The molecule has 1 aliphatic heterocycles. The average Bonchev–Trinajstić information content (AvgIpc) is 3.01. The van der Waals surface area contributed by atoms with Gasteiger partial charge in [0, 0.05) is 80.2 Å². The summed E-state index contributed by atoms with van der Waals surface area (Å²) in [5, 5.41) is 13.5. The molecule has 0 atom stereocenters. The van der Waals surface area contributed by atoms with Gasteiger partial charge < -0.3 is 26.0 Å². The third-order valence-electron chi connectivity index (χ3n) is 6.61. The van der Waals surface area contributed by atoms with Crippen LogP contribution in [0.5, 0.6) is 0 Å². The van der Waals surface area contributed by atoms with Crippen molar-refractivity contribution in [1.29, 1.82) is 0 Å². The Balaban J connectivity index is 0.00000301. The molecule has 8 nitrogen and oxygen atoms in total. The molecule has 0 saturated carbocycles. The monoisotopic (exact) mass is 573 g/mol. The molecule has 8 heteroatoms. The van der Waals surface area contributed by atoms with Crippen LogP contribution in [0.2, 0.25) is 0 Å². The van der Waals surface area contributed by atoms with Gasteiger partial charge in [-0.15, -0.1) is 0 Å². The molecule has 1 aromatic carbocycles. The van der Waals surface area contributed by atoms with E-state index in [1.54, 1.807) is 6.20 Å². The summed E-state index contributed by atoms with van der Waals surface area (Å²) < 4.78 is 5.40. The first-order valence-electron chi connectivity index (χ1n) is 14.9. The van der Waals surface area contributed by atoms with Crippen LogP contribution in [0.3, 0.4) is 0 Å². The van der Waals surface area contributed by atoms with Gasteiger partial charge in [0.1, 0.15) is 0 Å². The van der Waals surface area contributed by atoms with Crippen molar-refractivity contribution < 1.29 is 4.74 Å². The maximum Gasteiger partial charge on any atom is 0.223 e. The quantitative estimate of drug-likeness (QED) is 0.135. The van der Waals surface area contributed by atoms with Gasteiger partial charge in [0.05, 0.1) is 18.9 Å². The molecule has 3 rings (SSSR count). The minimum absolute atomic E-state index is 0.611. The highest BCUT2D eigenvalue weighted by Gasteiger charge is 2.09. The van der Waals surface area contributed by atoms with Gasteiger partial charge in [0.2, 0.25) is 5.95 Å². The zero-order chi connectivity index (χ0) is 30.7. The van der Waals surface area contributed by atoms with Crippen molar-refractivity contribution in [2.75, 3.05) is 69.7 Å². The summed E-state index contributed by atoms with van der Waals surface area (Å²) in [5.41, 5.74) is 7.76. The van der Waals surface area contributed by atoms with Crippen LogP contribution in [0, 0.1) is 0 Å². The standard InChI is InChI=1S/C32H45N7O.C2H6/c1-7-25(4)31(24(2)3)27(6)34-14-8-15-35-32-36-16-13-30(38-32)28-9-11-29(12-10-28)37-26(5)23-33-17-18-39-19-21-40-22-20-39;1-2/h7,9-13,16,33-34,37H,1-2,5-6,8,14-15,17-23H2,3-4H3,(H,35,36,38);1-2H3/b31-25+;. The van der Waals surface area contributed by atoms with Gasteiger partial charge in [-0.2, -0.15) is 0 Å². The van der Waals surface area contributed by atoms with Crippen LogP contribution in [0.15, 0.2) is 97.0 Å². The number of hydrogen-bond donors (Lipinski definition) is 4. The number of benzene rings is 1. The van der Waals surface area contributed by atoms with Crippen molar-refractivity contribution in [2.24, 2.45) is 0 Å². The Morgan fingerprint density at radius 1 is 1.00 bits per heavy atom. The van der Waals surface area contributed by atoms with Gasteiger partial charge in [0.15, 0.2) is 0 Å². The van der Waals surface area contributed by atoms with E-state index in [-0.39, 0.29) is 0 Å². The van der Waals surface area contributed by atoms with Crippen molar-refractivity contribution >= 4 is 11.6 Å². The Labute approximate surface area is 253 Å². The highest BCUT2D eigenvalue weighted by molar-refractivity contribution is 5.64. The largest absolute Gasteiger partial charge is 0.385 e. The Bertz CT molecular complexity index is 1180. The second kappa shape index (κ2) is 19.4. The Morgan fingerprint density at radius 3 is 2.38 bits per heavy atom. The van der Waals surface area contributed by atoms with Crippen molar-refractivity contribution in [3.63, 3.8) is 0 Å². The van der Waals surface area contributed by atoms with Crippen LogP contribution in [-0.4, -0.2) is 73.9 Å². The molecule has 0 spiro atoms. The summed E-state index contributed by atoms with van der Waals surface area (Å²) in [6.07, 6.45) is 4.50. The molecular formula is C34H51N7O. The van der Waals surface area contributed by atoms with E-state index in [9.17, 15) is 0 Å². The molecule has 228 valence electrons. The third kappa shape index (κ3) is 12.0. The van der Waals surface area contributed by atoms with E-state index in [0.717, 1.165) is 111 Å². The Morgan fingerprint density at radius 2 is 1.71 bits per heavy atom. The fraction of sp³-hybridized carbons (Fsp3) is 0.412. The summed E-state index contributed by atoms with van der Waals surface area (Å²) in [7, 11) is 0. The lowest BCUT2D eigenvalue weighted by atomic mass is 10.0. The first-order valence-corrected chi connectivity index (χ1v) is 14.9. The lowest BCUT2D eigenvalue weighted by Crippen LogP contribution is -2.40. The van der Waals surface area contributed by atoms with Crippen molar-refractivity contribution in [1.82, 2.24) is 25.5 Å². The molecule has 0 radical (unpaired) electrons. The highest BCUT2D eigenvalue weighted by Crippen LogP contribution is 2.21. The van der Waals surface area contributed by atoms with Crippen LogP contribution >= 0.6 is 0 Å². The molecule has 42 heavy (non-hydrogen) atoms. The summed E-state index contributed by atoms with van der Waals surface area (Å²) in [6, 6.07) is 10.1. The minimum Gasteiger partial charge on any atom is -0.385 e. The maximum atomic E-state index is 5.40. The summed E-state index contributed by atoms with van der Waals surface area (Å²) in [4.78, 5) is 11.5. The average molecular weight is 574 g/mol. The van der Waals surface area contributed by atoms with Crippen LogP contribution in [0.1, 0.15) is 34.1 Å². The molecule has 4 N–H and O–H groups in total. The van der Waals surface area contributed by atoms with Crippen LogP contribution in [0.25, 0.3) is 11.3 Å². The van der Waals surface area contributed by atoms with Gasteiger partial charge in [0.25, 0.3) is 0 Å². The number of hydrogen-bond acceptors (Lipinski definition) is 8. The van der Waals surface area contributed by atoms with E-state index >= 15 is 0 Å². The lowest BCUT2D eigenvalue weighted by Gasteiger charge is -2.26. The normalized spacial score (nSPS) is 13.6. The van der Waals surface area contributed by atoms with Gasteiger partial charge in [-0.1, -0.05) is 58.4 Å². The number of nitrogens with zero attached hydrogens (tertiary/aromatic N) is 3. The van der Waals surface area contributed by atoms with Crippen molar-refractivity contribution in [3.05, 3.63) is 97.0 Å². The summed E-state index contributed by atoms with van der Waals surface area (Å²) in [6.45, 7) is 32.1. The number of nitrogens with one attached hydrogen (secondary N) is 4. The number of allylic oxidation sites excluding steroid dienone is 3. The number of ether oxygens (including phenoxy) is 1. The molecule has 1 aromatic heterocycles. The van der Waals surface area contributed by atoms with Gasteiger partial charge in [-0.3, -0.25) is 4.90 Å². The zero-order valence-electron chi connectivity index (χ0n) is 26.2. The van der Waals surface area contributed by atoms with Crippen molar-refractivity contribution in [3.8, 4) is 11.3 Å². The topological polar surface area (TPSA) is 86.4 Å². The predicted molar refractivity (Wildman–Crippen MR) is 180 cm³/mol. The summed E-state index contributed by atoms with van der Waals surface area (Å²) in [5.74, 6) is 0.611. The SMILES string of the molecule is C=C/C(C)=C(\C(=C)C)C(=C)NCCCNc1nccc(-c2ccc(NC(=C)CNCCN3CCOCC3)cc2)n1.CC.